The number of nitrogens with zero attached hydrogens (tertiary/aromatic N) is 1. The average molecular weight is 227 g/mol. The van der Waals surface area contributed by atoms with Gasteiger partial charge in [-0.1, -0.05) is 0 Å². The Balaban J connectivity index is 1.98. The van der Waals surface area contributed by atoms with E-state index in [0.717, 1.165) is 17.8 Å². The highest BCUT2D eigenvalue weighted by Crippen LogP contribution is 2.10. The minimum Gasteiger partial charge on any atom is -0.381 e. The molecule has 2 rings (SSSR count). The maximum atomic E-state index is 10.9. The lowest BCUT2D eigenvalue weighted by molar-refractivity contribution is 0.100. The van der Waals surface area contributed by atoms with Crippen molar-refractivity contribution in [3.63, 3.8) is 0 Å². The Bertz CT molecular complexity index is 494. The van der Waals surface area contributed by atoms with E-state index in [1.165, 1.54) is 0 Å². The molecule has 2 aromatic rings. The highest BCUT2D eigenvalue weighted by atomic mass is 16.1. The van der Waals surface area contributed by atoms with Crippen LogP contribution in [0.1, 0.15) is 15.9 Å². The number of pyridine rings is 1. The standard InChI is InChI=1S/C13H13N3O/c14-13(17)11-1-3-12(4-2-11)16-9-10-5-7-15-8-6-10/h1-8,16H,9H2,(H2,14,17). The molecule has 4 heteroatoms. The first-order valence-corrected chi connectivity index (χ1v) is 5.28. The summed E-state index contributed by atoms with van der Waals surface area (Å²) in [6.07, 6.45) is 3.51. The van der Waals surface area contributed by atoms with Gasteiger partial charge in [0.05, 0.1) is 0 Å². The molecule has 1 heterocycles. The van der Waals surface area contributed by atoms with E-state index in [4.69, 9.17) is 5.73 Å². The Labute approximate surface area is 99.5 Å². The van der Waals surface area contributed by atoms with Gasteiger partial charge in [0.25, 0.3) is 0 Å². The lowest BCUT2D eigenvalue weighted by Gasteiger charge is -2.06. The van der Waals surface area contributed by atoms with Crippen molar-refractivity contribution in [3.05, 3.63) is 59.9 Å². The van der Waals surface area contributed by atoms with Gasteiger partial charge < -0.3 is 11.1 Å². The largest absolute Gasteiger partial charge is 0.381 e. The first kappa shape index (κ1) is 11.1. The van der Waals surface area contributed by atoms with E-state index in [-0.39, 0.29) is 0 Å². The van der Waals surface area contributed by atoms with Gasteiger partial charge in [-0.15, -0.1) is 0 Å². The Morgan fingerprint density at radius 2 is 1.76 bits per heavy atom. The Hall–Kier alpha value is -2.36. The van der Waals surface area contributed by atoms with Crippen LogP contribution in [0.2, 0.25) is 0 Å². The van der Waals surface area contributed by atoms with Gasteiger partial charge in [0.15, 0.2) is 0 Å². The van der Waals surface area contributed by atoms with Crippen molar-refractivity contribution >= 4 is 11.6 Å². The summed E-state index contributed by atoms with van der Waals surface area (Å²) >= 11 is 0. The van der Waals surface area contributed by atoms with Crippen LogP contribution in [0.4, 0.5) is 5.69 Å². The summed E-state index contributed by atoms with van der Waals surface area (Å²) in [5, 5.41) is 3.25. The van der Waals surface area contributed by atoms with E-state index >= 15 is 0 Å². The fourth-order valence-corrected chi connectivity index (χ4v) is 1.46. The van der Waals surface area contributed by atoms with E-state index in [1.807, 2.05) is 24.3 Å². The number of hydrogen-bond donors (Lipinski definition) is 2. The van der Waals surface area contributed by atoms with Gasteiger partial charge in [-0.25, -0.2) is 0 Å². The molecule has 0 aliphatic heterocycles. The zero-order valence-corrected chi connectivity index (χ0v) is 9.26. The zero-order chi connectivity index (χ0) is 12.1. The summed E-state index contributed by atoms with van der Waals surface area (Å²) in [5.74, 6) is -0.411. The van der Waals surface area contributed by atoms with Crippen LogP contribution in [-0.4, -0.2) is 10.9 Å². The third kappa shape index (κ3) is 3.04. The van der Waals surface area contributed by atoms with Crippen LogP contribution in [0, 0.1) is 0 Å². The fraction of sp³-hybridized carbons (Fsp3) is 0.0769. The number of benzene rings is 1. The van der Waals surface area contributed by atoms with E-state index in [1.54, 1.807) is 24.5 Å². The maximum absolute atomic E-state index is 10.9. The Morgan fingerprint density at radius 3 is 2.35 bits per heavy atom. The molecular formula is C13H13N3O. The van der Waals surface area contributed by atoms with Crippen molar-refractivity contribution in [1.29, 1.82) is 0 Å². The number of aromatic nitrogens is 1. The third-order valence-electron chi connectivity index (χ3n) is 2.42. The second-order valence-electron chi connectivity index (χ2n) is 3.65. The molecule has 0 atom stereocenters. The van der Waals surface area contributed by atoms with Gasteiger partial charge in [0, 0.05) is 30.2 Å². The highest BCUT2D eigenvalue weighted by Gasteiger charge is 1.99. The molecular weight excluding hydrogens is 214 g/mol. The van der Waals surface area contributed by atoms with Crippen molar-refractivity contribution in [2.45, 2.75) is 6.54 Å². The number of carbonyl (C=O) groups is 1. The molecule has 0 saturated carbocycles. The molecule has 0 fully saturated rings. The van der Waals surface area contributed by atoms with Gasteiger partial charge in [-0.3, -0.25) is 9.78 Å². The predicted molar refractivity (Wildman–Crippen MR) is 66.5 cm³/mol. The van der Waals surface area contributed by atoms with Crippen molar-refractivity contribution in [3.8, 4) is 0 Å². The van der Waals surface area contributed by atoms with Crippen LogP contribution < -0.4 is 11.1 Å². The quantitative estimate of drug-likeness (QED) is 0.836. The molecule has 3 N–H and O–H groups in total. The van der Waals surface area contributed by atoms with Crippen LogP contribution in [0.3, 0.4) is 0 Å². The van der Waals surface area contributed by atoms with Crippen molar-refractivity contribution in [2.24, 2.45) is 5.73 Å². The second-order valence-corrected chi connectivity index (χ2v) is 3.65. The van der Waals surface area contributed by atoms with Crippen LogP contribution >= 0.6 is 0 Å². The highest BCUT2D eigenvalue weighted by molar-refractivity contribution is 5.93. The normalized spacial score (nSPS) is 9.88. The number of nitrogens with two attached hydrogens (primary N) is 1. The number of nitrogens with one attached hydrogen (secondary N) is 1. The number of amides is 1. The van der Waals surface area contributed by atoms with E-state index < -0.39 is 5.91 Å². The molecule has 0 radical (unpaired) electrons. The van der Waals surface area contributed by atoms with Crippen LogP contribution in [0.25, 0.3) is 0 Å². The van der Waals surface area contributed by atoms with Gasteiger partial charge in [-0.2, -0.15) is 0 Å². The van der Waals surface area contributed by atoms with Gasteiger partial charge in [0.1, 0.15) is 0 Å². The number of primary amides is 1. The average Bonchev–Trinajstić information content (AvgIpc) is 2.38. The monoisotopic (exact) mass is 227 g/mol. The molecule has 4 nitrogen and oxygen atoms in total. The van der Waals surface area contributed by atoms with Gasteiger partial charge >= 0.3 is 0 Å². The molecule has 0 unspecified atom stereocenters. The topological polar surface area (TPSA) is 68.0 Å². The molecule has 1 amide bonds. The Kier molecular flexibility index (Phi) is 3.35. The molecule has 0 spiro atoms. The number of hydrogen-bond acceptors (Lipinski definition) is 3. The number of rotatable bonds is 4. The third-order valence-corrected chi connectivity index (χ3v) is 2.42. The van der Waals surface area contributed by atoms with E-state index in [0.29, 0.717) is 5.56 Å². The lowest BCUT2D eigenvalue weighted by atomic mass is 10.2. The summed E-state index contributed by atoms with van der Waals surface area (Å²) < 4.78 is 0. The molecule has 86 valence electrons. The summed E-state index contributed by atoms with van der Waals surface area (Å²) in [6.45, 7) is 0.721. The second kappa shape index (κ2) is 5.12. The van der Waals surface area contributed by atoms with Gasteiger partial charge in [-0.05, 0) is 42.0 Å². The van der Waals surface area contributed by atoms with Gasteiger partial charge in [0.2, 0.25) is 5.91 Å². The summed E-state index contributed by atoms with van der Waals surface area (Å²) in [5.41, 5.74) is 7.78. The first-order chi connectivity index (χ1) is 8.25. The molecule has 17 heavy (non-hydrogen) atoms. The molecule has 1 aromatic carbocycles. The SMILES string of the molecule is NC(=O)c1ccc(NCc2ccncc2)cc1. The summed E-state index contributed by atoms with van der Waals surface area (Å²) in [6, 6.07) is 11.0. The summed E-state index contributed by atoms with van der Waals surface area (Å²) in [4.78, 5) is 14.8. The van der Waals surface area contributed by atoms with Crippen LogP contribution in [-0.2, 0) is 6.54 Å². The minimum absolute atomic E-state index is 0.411. The smallest absolute Gasteiger partial charge is 0.248 e. The molecule has 0 saturated heterocycles. The Morgan fingerprint density at radius 1 is 1.12 bits per heavy atom. The fourth-order valence-electron chi connectivity index (χ4n) is 1.46. The van der Waals surface area contributed by atoms with Crippen molar-refractivity contribution < 1.29 is 4.79 Å². The number of carbonyl (C=O) groups excluding carboxylic acids is 1. The molecule has 1 aromatic heterocycles. The molecule has 0 aliphatic carbocycles. The molecule has 0 bridgehead atoms. The van der Waals surface area contributed by atoms with Crippen LogP contribution in [0.15, 0.2) is 48.8 Å². The summed E-state index contributed by atoms with van der Waals surface area (Å²) in [7, 11) is 0. The van der Waals surface area contributed by atoms with E-state index in [2.05, 4.69) is 10.3 Å². The predicted octanol–water partition coefficient (Wildman–Crippen LogP) is 1.79. The van der Waals surface area contributed by atoms with Crippen molar-refractivity contribution in [2.75, 3.05) is 5.32 Å². The number of anilines is 1. The lowest BCUT2D eigenvalue weighted by Crippen LogP contribution is -2.10. The first-order valence-electron chi connectivity index (χ1n) is 5.28. The van der Waals surface area contributed by atoms with Crippen LogP contribution in [0.5, 0.6) is 0 Å². The maximum Gasteiger partial charge on any atom is 0.248 e. The van der Waals surface area contributed by atoms with E-state index in [9.17, 15) is 4.79 Å². The zero-order valence-electron chi connectivity index (χ0n) is 9.26. The minimum atomic E-state index is -0.411. The molecule has 0 aliphatic rings. The van der Waals surface area contributed by atoms with Crippen molar-refractivity contribution in [1.82, 2.24) is 4.98 Å².